The average Bonchev–Trinajstić information content (AvgIpc) is 3.20. The number of rotatable bonds is 5. The Morgan fingerprint density at radius 3 is 2.61 bits per heavy atom. The summed E-state index contributed by atoms with van der Waals surface area (Å²) in [6, 6.07) is 11.2. The number of hydrogen-bond donors (Lipinski definition) is 2. The van der Waals surface area contributed by atoms with Crippen molar-refractivity contribution in [1.29, 1.82) is 0 Å². The largest absolute Gasteiger partial charge is 0.375 e. The topological polar surface area (TPSA) is 67.4 Å². The summed E-state index contributed by atoms with van der Waals surface area (Å²) < 4.78 is 4.66. The van der Waals surface area contributed by atoms with Crippen LogP contribution in [0.3, 0.4) is 0 Å². The summed E-state index contributed by atoms with van der Waals surface area (Å²) in [4.78, 5) is 22.6. The Balaban J connectivity index is 0.000000161. The van der Waals surface area contributed by atoms with Crippen molar-refractivity contribution in [2.45, 2.75) is 11.7 Å². The quantitative estimate of drug-likeness (QED) is 0.617. The average molecular weight is 437 g/mol. The predicted octanol–water partition coefficient (Wildman–Crippen LogP) is 4.49. The highest BCUT2D eigenvalue weighted by molar-refractivity contribution is 8.04. The van der Waals surface area contributed by atoms with Crippen LogP contribution in [-0.4, -0.2) is 30.8 Å². The third kappa shape index (κ3) is 5.29. The van der Waals surface area contributed by atoms with Crippen LogP contribution in [0, 0.1) is 0 Å². The molecule has 28 heavy (non-hydrogen) atoms. The van der Waals surface area contributed by atoms with Crippen LogP contribution in [-0.2, 0) is 20.7 Å². The molecular weight excluding hydrogens is 419 g/mol. The third-order valence-electron chi connectivity index (χ3n) is 4.06. The number of nitrogens with one attached hydrogen (secondary N) is 2. The lowest BCUT2D eigenvalue weighted by Gasteiger charge is -2.06. The second-order valence-electron chi connectivity index (χ2n) is 6.20. The zero-order valence-corrected chi connectivity index (χ0v) is 17.4. The standard InChI is InChI=1S/C11H9NOS.C9H9Cl2NO2/c1-6-12-11(13)10(14-6)5-8-3-2-7-4-9(7)8;1-14-5-9(13)12-8-3-2-6(10)4-7(8)11/h2-4,10H,1,5H2,(H,12,13);2-4H,5H2,1H3,(H,12,13). The van der Waals surface area contributed by atoms with Crippen LogP contribution in [0.15, 0.2) is 48.0 Å². The van der Waals surface area contributed by atoms with Gasteiger partial charge in [-0.3, -0.25) is 9.59 Å². The lowest BCUT2D eigenvalue weighted by molar-refractivity contribution is -0.120. The van der Waals surface area contributed by atoms with E-state index in [1.165, 1.54) is 35.6 Å². The number of benzene rings is 2. The van der Waals surface area contributed by atoms with Gasteiger partial charge in [-0.05, 0) is 47.4 Å². The summed E-state index contributed by atoms with van der Waals surface area (Å²) in [5, 5.41) is 7.04. The van der Waals surface area contributed by atoms with E-state index in [4.69, 9.17) is 23.2 Å². The molecular formula is C20H18Cl2N2O3S. The maximum absolute atomic E-state index is 11.4. The summed E-state index contributed by atoms with van der Waals surface area (Å²) in [5.74, 6) is -0.160. The second-order valence-corrected chi connectivity index (χ2v) is 8.34. The van der Waals surface area contributed by atoms with Crippen molar-refractivity contribution in [3.05, 3.63) is 63.6 Å². The molecule has 2 amide bonds. The van der Waals surface area contributed by atoms with Gasteiger partial charge in [0.25, 0.3) is 0 Å². The van der Waals surface area contributed by atoms with E-state index in [0.717, 1.165) is 11.4 Å². The van der Waals surface area contributed by atoms with Gasteiger partial charge in [-0.2, -0.15) is 0 Å². The molecule has 146 valence electrons. The summed E-state index contributed by atoms with van der Waals surface area (Å²) in [5.41, 5.74) is 4.50. The molecule has 0 radical (unpaired) electrons. The minimum Gasteiger partial charge on any atom is -0.375 e. The van der Waals surface area contributed by atoms with Crippen molar-refractivity contribution in [2.24, 2.45) is 0 Å². The van der Waals surface area contributed by atoms with Gasteiger partial charge in [-0.1, -0.05) is 53.7 Å². The fraction of sp³-hybridized carbons (Fsp3) is 0.200. The highest BCUT2D eigenvalue weighted by Crippen LogP contribution is 2.40. The molecule has 0 bridgehead atoms. The molecule has 1 heterocycles. The highest BCUT2D eigenvalue weighted by atomic mass is 35.5. The van der Waals surface area contributed by atoms with Gasteiger partial charge in [0.2, 0.25) is 11.8 Å². The maximum Gasteiger partial charge on any atom is 0.250 e. The van der Waals surface area contributed by atoms with Gasteiger partial charge in [0, 0.05) is 12.1 Å². The zero-order chi connectivity index (χ0) is 20.3. The van der Waals surface area contributed by atoms with Crippen molar-refractivity contribution >= 4 is 52.5 Å². The molecule has 0 aromatic heterocycles. The second kappa shape index (κ2) is 9.01. The van der Waals surface area contributed by atoms with Gasteiger partial charge in [0.05, 0.1) is 21.0 Å². The highest BCUT2D eigenvalue weighted by Gasteiger charge is 2.30. The normalized spacial score (nSPS) is 16.2. The van der Waals surface area contributed by atoms with Crippen LogP contribution in [0.1, 0.15) is 5.56 Å². The van der Waals surface area contributed by atoms with Crippen molar-refractivity contribution in [1.82, 2.24) is 5.32 Å². The van der Waals surface area contributed by atoms with E-state index in [-0.39, 0.29) is 23.7 Å². The lowest BCUT2D eigenvalue weighted by atomic mass is 10.1. The molecule has 1 aliphatic heterocycles. The van der Waals surface area contributed by atoms with Gasteiger partial charge in [-0.25, -0.2) is 0 Å². The van der Waals surface area contributed by atoms with Crippen LogP contribution in [0.5, 0.6) is 0 Å². The molecule has 1 aromatic rings. The molecule has 0 saturated carbocycles. The zero-order valence-electron chi connectivity index (χ0n) is 15.1. The van der Waals surface area contributed by atoms with Crippen LogP contribution in [0.25, 0.3) is 11.1 Å². The number of fused-ring (bicyclic) bond motifs is 1. The van der Waals surface area contributed by atoms with E-state index < -0.39 is 0 Å². The molecule has 5 nitrogen and oxygen atoms in total. The number of halogens is 2. The maximum atomic E-state index is 11.4. The summed E-state index contributed by atoms with van der Waals surface area (Å²) >= 11 is 13.1. The number of anilines is 1. The minimum atomic E-state index is -0.253. The summed E-state index contributed by atoms with van der Waals surface area (Å²) in [6.07, 6.45) is 0.821. The molecule has 1 aromatic carbocycles. The Hall–Kier alpha value is -1.99. The SMILES string of the molecule is C=C1NC(=O)C(Cc2ccc3cc2-3)S1.COCC(=O)Nc1ccc(Cl)cc1Cl. The first-order valence-electron chi connectivity index (χ1n) is 8.41. The first-order valence-corrected chi connectivity index (χ1v) is 10.0. The Kier molecular flexibility index (Phi) is 6.67. The van der Waals surface area contributed by atoms with Crippen LogP contribution in [0.4, 0.5) is 5.69 Å². The number of carbonyl (C=O) groups is 2. The molecule has 0 spiro atoms. The molecule has 4 rings (SSSR count). The molecule has 2 aliphatic carbocycles. The van der Waals surface area contributed by atoms with E-state index >= 15 is 0 Å². The molecule has 1 fully saturated rings. The minimum absolute atomic E-state index is 0.00104. The van der Waals surface area contributed by atoms with Crippen molar-refractivity contribution < 1.29 is 14.3 Å². The Labute approximate surface area is 177 Å². The number of amides is 2. The fourth-order valence-electron chi connectivity index (χ4n) is 2.71. The number of ether oxygens (including phenoxy) is 1. The molecule has 3 aliphatic rings. The fourth-order valence-corrected chi connectivity index (χ4v) is 4.10. The van der Waals surface area contributed by atoms with E-state index in [2.05, 4.69) is 40.1 Å². The van der Waals surface area contributed by atoms with E-state index in [9.17, 15) is 9.59 Å². The Morgan fingerprint density at radius 2 is 2.07 bits per heavy atom. The Morgan fingerprint density at radius 1 is 1.29 bits per heavy atom. The smallest absolute Gasteiger partial charge is 0.250 e. The molecule has 1 atom stereocenters. The van der Waals surface area contributed by atoms with Gasteiger partial charge in [-0.15, -0.1) is 0 Å². The van der Waals surface area contributed by atoms with Crippen molar-refractivity contribution in [3.8, 4) is 11.1 Å². The number of thioether (sulfide) groups is 1. The van der Waals surface area contributed by atoms with Crippen LogP contribution >= 0.6 is 35.0 Å². The molecule has 1 saturated heterocycles. The van der Waals surface area contributed by atoms with Crippen LogP contribution < -0.4 is 10.6 Å². The molecule has 1 unspecified atom stereocenters. The van der Waals surface area contributed by atoms with Gasteiger partial charge in [0.15, 0.2) is 0 Å². The predicted molar refractivity (Wildman–Crippen MR) is 115 cm³/mol. The van der Waals surface area contributed by atoms with Crippen molar-refractivity contribution in [3.63, 3.8) is 0 Å². The molecule has 2 N–H and O–H groups in total. The first kappa shape index (κ1) is 20.7. The van der Waals surface area contributed by atoms with Crippen molar-refractivity contribution in [2.75, 3.05) is 19.0 Å². The van der Waals surface area contributed by atoms with Gasteiger partial charge in [0.1, 0.15) is 6.61 Å². The van der Waals surface area contributed by atoms with Crippen LogP contribution in [0.2, 0.25) is 10.0 Å². The summed E-state index contributed by atoms with van der Waals surface area (Å²) in [7, 11) is 1.45. The number of hydrogen-bond acceptors (Lipinski definition) is 4. The van der Waals surface area contributed by atoms with Gasteiger partial charge < -0.3 is 15.4 Å². The summed E-state index contributed by atoms with van der Waals surface area (Å²) in [6.45, 7) is 3.74. The third-order valence-corrected chi connectivity index (χ3v) is 5.66. The van der Waals surface area contributed by atoms with E-state index in [0.29, 0.717) is 15.7 Å². The first-order chi connectivity index (χ1) is 13.4. The number of carbonyl (C=O) groups excluding carboxylic acids is 2. The number of methoxy groups -OCH3 is 1. The van der Waals surface area contributed by atoms with E-state index in [1.54, 1.807) is 18.2 Å². The Bertz CT molecular complexity index is 949. The monoisotopic (exact) mass is 436 g/mol. The van der Waals surface area contributed by atoms with E-state index in [1.807, 2.05) is 0 Å². The molecule has 8 heteroatoms. The van der Waals surface area contributed by atoms with Gasteiger partial charge >= 0.3 is 0 Å². The lowest BCUT2D eigenvalue weighted by Crippen LogP contribution is -2.23.